The van der Waals surface area contributed by atoms with Gasteiger partial charge in [0.05, 0.1) is 6.54 Å². The third-order valence-corrected chi connectivity index (χ3v) is 4.84. The van der Waals surface area contributed by atoms with Crippen molar-refractivity contribution in [1.82, 2.24) is 14.8 Å². The average Bonchev–Trinajstić information content (AvgIpc) is 2.98. The Balaban J connectivity index is 2.39. The summed E-state index contributed by atoms with van der Waals surface area (Å²) in [5, 5.41) is 15.9. The molecule has 0 aliphatic heterocycles. The SMILES string of the molecule is CCC(Cl)C(C)C(O)(Cn1cncn1)c1ccc(Cl)cc1. The lowest BCUT2D eigenvalue weighted by atomic mass is 9.79. The van der Waals surface area contributed by atoms with Gasteiger partial charge in [0.2, 0.25) is 0 Å². The molecule has 2 aromatic rings. The molecule has 0 fully saturated rings. The highest BCUT2D eigenvalue weighted by Gasteiger charge is 2.39. The number of aliphatic hydroxyl groups is 1. The summed E-state index contributed by atoms with van der Waals surface area (Å²) in [6.45, 7) is 4.25. The predicted molar refractivity (Wildman–Crippen MR) is 84.5 cm³/mol. The Labute approximate surface area is 134 Å². The maximum atomic E-state index is 11.3. The quantitative estimate of drug-likeness (QED) is 0.826. The number of rotatable bonds is 6. The van der Waals surface area contributed by atoms with Crippen molar-refractivity contribution in [3.8, 4) is 0 Å². The topological polar surface area (TPSA) is 50.9 Å². The van der Waals surface area contributed by atoms with Crippen LogP contribution in [0.2, 0.25) is 5.02 Å². The molecule has 0 saturated heterocycles. The zero-order valence-electron chi connectivity index (χ0n) is 12.1. The van der Waals surface area contributed by atoms with Crippen LogP contribution in [0.5, 0.6) is 0 Å². The molecule has 1 heterocycles. The summed E-state index contributed by atoms with van der Waals surface area (Å²) in [7, 11) is 0. The summed E-state index contributed by atoms with van der Waals surface area (Å²) < 4.78 is 1.62. The standard InChI is InChI=1S/C15H19Cl2N3O/c1-3-14(17)11(2)15(21,8-20-10-18-9-19-20)12-4-6-13(16)7-5-12/h4-7,9-11,14,21H,3,8H2,1-2H3. The van der Waals surface area contributed by atoms with Crippen LogP contribution >= 0.6 is 23.2 Å². The van der Waals surface area contributed by atoms with Crippen LogP contribution in [0.4, 0.5) is 0 Å². The second-order valence-corrected chi connectivity index (χ2v) is 6.23. The number of nitrogens with zero attached hydrogens (tertiary/aromatic N) is 3. The van der Waals surface area contributed by atoms with Gasteiger partial charge in [0.25, 0.3) is 0 Å². The summed E-state index contributed by atoms with van der Waals surface area (Å²) in [5.74, 6) is -0.158. The Morgan fingerprint density at radius 3 is 2.52 bits per heavy atom. The van der Waals surface area contributed by atoms with E-state index in [1.165, 1.54) is 6.33 Å². The highest BCUT2D eigenvalue weighted by atomic mass is 35.5. The third-order valence-electron chi connectivity index (χ3n) is 3.90. The average molecular weight is 328 g/mol. The Hall–Kier alpha value is -1.10. The zero-order valence-corrected chi connectivity index (χ0v) is 13.6. The summed E-state index contributed by atoms with van der Waals surface area (Å²) in [4.78, 5) is 3.93. The molecule has 0 spiro atoms. The molecule has 6 heteroatoms. The number of benzene rings is 1. The molecule has 0 radical (unpaired) electrons. The van der Waals surface area contributed by atoms with Crippen molar-refractivity contribution in [2.75, 3.05) is 0 Å². The largest absolute Gasteiger partial charge is 0.383 e. The minimum Gasteiger partial charge on any atom is -0.383 e. The Bertz CT molecular complexity index is 559. The smallest absolute Gasteiger partial charge is 0.137 e. The third kappa shape index (κ3) is 3.57. The molecule has 1 aromatic heterocycles. The number of aromatic nitrogens is 3. The molecule has 0 aliphatic carbocycles. The van der Waals surface area contributed by atoms with Crippen LogP contribution in [0, 0.1) is 5.92 Å². The van der Waals surface area contributed by atoms with E-state index < -0.39 is 5.60 Å². The lowest BCUT2D eigenvalue weighted by Gasteiger charge is -2.36. The highest BCUT2D eigenvalue weighted by Crippen LogP contribution is 2.36. The van der Waals surface area contributed by atoms with Gasteiger partial charge in [-0.25, -0.2) is 9.67 Å². The van der Waals surface area contributed by atoms with Gasteiger partial charge in [0, 0.05) is 16.3 Å². The fourth-order valence-corrected chi connectivity index (χ4v) is 2.79. The monoisotopic (exact) mass is 327 g/mol. The summed E-state index contributed by atoms with van der Waals surface area (Å²) in [6, 6.07) is 7.19. The highest BCUT2D eigenvalue weighted by molar-refractivity contribution is 6.30. The maximum absolute atomic E-state index is 11.3. The summed E-state index contributed by atoms with van der Waals surface area (Å²) in [5.41, 5.74) is -0.366. The molecule has 4 nitrogen and oxygen atoms in total. The molecule has 21 heavy (non-hydrogen) atoms. The molecular weight excluding hydrogens is 309 g/mol. The van der Waals surface area contributed by atoms with Gasteiger partial charge in [-0.2, -0.15) is 5.10 Å². The van der Waals surface area contributed by atoms with E-state index in [0.29, 0.717) is 11.6 Å². The van der Waals surface area contributed by atoms with Gasteiger partial charge in [-0.15, -0.1) is 11.6 Å². The molecule has 0 bridgehead atoms. The van der Waals surface area contributed by atoms with E-state index in [9.17, 15) is 5.11 Å². The number of halogens is 2. The van der Waals surface area contributed by atoms with Gasteiger partial charge >= 0.3 is 0 Å². The van der Waals surface area contributed by atoms with E-state index >= 15 is 0 Å². The predicted octanol–water partition coefficient (Wildman–Crippen LogP) is 3.47. The van der Waals surface area contributed by atoms with Gasteiger partial charge in [-0.05, 0) is 24.1 Å². The van der Waals surface area contributed by atoms with Gasteiger partial charge in [-0.3, -0.25) is 0 Å². The van der Waals surface area contributed by atoms with Crippen molar-refractivity contribution in [1.29, 1.82) is 0 Å². The van der Waals surface area contributed by atoms with E-state index in [-0.39, 0.29) is 11.3 Å². The minimum atomic E-state index is -1.14. The maximum Gasteiger partial charge on any atom is 0.137 e. The lowest BCUT2D eigenvalue weighted by molar-refractivity contribution is -0.0377. The van der Waals surface area contributed by atoms with Crippen LogP contribution in [0.1, 0.15) is 25.8 Å². The molecule has 1 aromatic carbocycles. The van der Waals surface area contributed by atoms with E-state index in [2.05, 4.69) is 10.1 Å². The van der Waals surface area contributed by atoms with Crippen molar-refractivity contribution in [3.05, 3.63) is 47.5 Å². The van der Waals surface area contributed by atoms with E-state index in [0.717, 1.165) is 12.0 Å². The van der Waals surface area contributed by atoms with Crippen molar-refractivity contribution < 1.29 is 5.11 Å². The minimum absolute atomic E-state index is 0.144. The van der Waals surface area contributed by atoms with Crippen LogP contribution in [0.25, 0.3) is 0 Å². The summed E-state index contributed by atoms with van der Waals surface area (Å²) in [6.07, 6.45) is 3.81. The fraction of sp³-hybridized carbons (Fsp3) is 0.467. The van der Waals surface area contributed by atoms with Crippen LogP contribution < -0.4 is 0 Å². The van der Waals surface area contributed by atoms with Gasteiger partial charge in [0.15, 0.2) is 0 Å². The fourth-order valence-electron chi connectivity index (χ4n) is 2.45. The second-order valence-electron chi connectivity index (χ2n) is 5.24. The first kappa shape index (κ1) is 16.3. The van der Waals surface area contributed by atoms with Crippen LogP contribution in [0.15, 0.2) is 36.9 Å². The van der Waals surface area contributed by atoms with E-state index in [4.69, 9.17) is 23.2 Å². The second kappa shape index (κ2) is 6.77. The Kier molecular flexibility index (Phi) is 5.25. The molecule has 3 atom stereocenters. The molecule has 0 amide bonds. The molecule has 3 unspecified atom stereocenters. The number of hydrogen-bond donors (Lipinski definition) is 1. The first-order chi connectivity index (χ1) is 9.97. The number of alkyl halides is 1. The van der Waals surface area contributed by atoms with Crippen LogP contribution in [-0.2, 0) is 12.1 Å². The normalized spacial score (nSPS) is 17.2. The molecule has 2 rings (SSSR count). The van der Waals surface area contributed by atoms with Crippen molar-refractivity contribution >= 4 is 23.2 Å². The van der Waals surface area contributed by atoms with Crippen molar-refractivity contribution in [2.24, 2.45) is 5.92 Å². The Morgan fingerprint density at radius 1 is 1.33 bits per heavy atom. The van der Waals surface area contributed by atoms with Gasteiger partial charge < -0.3 is 5.11 Å². The molecule has 0 saturated carbocycles. The molecule has 1 N–H and O–H groups in total. The van der Waals surface area contributed by atoms with E-state index in [1.54, 1.807) is 23.1 Å². The van der Waals surface area contributed by atoms with Crippen LogP contribution in [0.3, 0.4) is 0 Å². The molecular formula is C15H19Cl2N3O. The number of hydrogen-bond acceptors (Lipinski definition) is 3. The first-order valence-corrected chi connectivity index (χ1v) is 7.73. The van der Waals surface area contributed by atoms with Crippen LogP contribution in [-0.4, -0.2) is 25.2 Å². The zero-order chi connectivity index (χ0) is 15.5. The summed E-state index contributed by atoms with van der Waals surface area (Å²) >= 11 is 12.3. The van der Waals surface area contributed by atoms with Crippen molar-refractivity contribution in [3.63, 3.8) is 0 Å². The van der Waals surface area contributed by atoms with E-state index in [1.807, 2.05) is 26.0 Å². The van der Waals surface area contributed by atoms with Gasteiger partial charge in [0.1, 0.15) is 18.3 Å². The first-order valence-electron chi connectivity index (χ1n) is 6.92. The molecule has 114 valence electrons. The van der Waals surface area contributed by atoms with Crippen molar-refractivity contribution in [2.45, 2.75) is 37.8 Å². The van der Waals surface area contributed by atoms with Gasteiger partial charge in [-0.1, -0.05) is 37.6 Å². The molecule has 0 aliphatic rings. The lowest BCUT2D eigenvalue weighted by Crippen LogP contribution is -2.42. The Morgan fingerprint density at radius 2 is 2.00 bits per heavy atom.